The number of benzene rings is 3. The molecule has 0 aliphatic carbocycles. The summed E-state index contributed by atoms with van der Waals surface area (Å²) in [4.78, 5) is 50.5. The average Bonchev–Trinajstić information content (AvgIpc) is 3.14. The summed E-state index contributed by atoms with van der Waals surface area (Å²) in [7, 11) is 1.33. The van der Waals surface area contributed by atoms with Crippen LogP contribution in [-0.2, 0) is 7.05 Å². The van der Waals surface area contributed by atoms with E-state index in [1.54, 1.807) is 31.2 Å². The molecule has 0 fully saturated rings. The van der Waals surface area contributed by atoms with E-state index in [1.165, 1.54) is 31.3 Å². The molecule has 5 aromatic rings. The third-order valence-corrected chi connectivity index (χ3v) is 5.85. The van der Waals surface area contributed by atoms with Crippen LogP contribution in [0.1, 0.15) is 5.56 Å². The van der Waals surface area contributed by atoms with Gasteiger partial charge >= 0.3 is 0 Å². The van der Waals surface area contributed by atoms with Crippen molar-refractivity contribution in [3.05, 3.63) is 95.5 Å². The smallest absolute Gasteiger partial charge is 0.266 e. The first-order chi connectivity index (χ1) is 15.2. The zero-order valence-corrected chi connectivity index (χ0v) is 17.0. The Morgan fingerprint density at radius 2 is 1.09 bits per heavy atom. The van der Waals surface area contributed by atoms with Crippen molar-refractivity contribution in [2.75, 3.05) is 0 Å². The first-order valence-corrected chi connectivity index (χ1v) is 9.71. The van der Waals surface area contributed by atoms with Crippen LogP contribution in [0.25, 0.3) is 38.4 Å². The van der Waals surface area contributed by atoms with Gasteiger partial charge in [-0.05, 0) is 53.9 Å². The topological polar surface area (TPSA) is 119 Å². The second-order valence-electron chi connectivity index (χ2n) is 7.76. The van der Waals surface area contributed by atoms with Gasteiger partial charge in [0.15, 0.2) is 0 Å². The molecule has 8 nitrogen and oxygen atoms in total. The molecule has 32 heavy (non-hydrogen) atoms. The number of hydrogen-bond donors (Lipinski definition) is 2. The largest absolute Gasteiger partial charge is 0.508 e. The van der Waals surface area contributed by atoms with Crippen LogP contribution in [0.4, 0.5) is 0 Å². The Morgan fingerprint density at radius 1 is 0.625 bits per heavy atom. The van der Waals surface area contributed by atoms with Gasteiger partial charge in [0.1, 0.15) is 11.5 Å². The highest BCUT2D eigenvalue weighted by Gasteiger charge is 2.20. The van der Waals surface area contributed by atoms with Crippen molar-refractivity contribution in [2.24, 2.45) is 7.05 Å². The SMILES string of the molecule is Cc1ccc(-c2ccc(-n3c(=O)c4cc5c(=O)n(C)c(=O)c5cc4c3=O)c(O)c2)cc1O. The lowest BCUT2D eigenvalue weighted by Crippen LogP contribution is -2.23. The Balaban J connectivity index is 1.73. The number of hydrogen-bond acceptors (Lipinski definition) is 6. The van der Waals surface area contributed by atoms with Gasteiger partial charge < -0.3 is 10.2 Å². The number of phenols is 2. The maximum absolute atomic E-state index is 13.0. The van der Waals surface area contributed by atoms with Crippen LogP contribution in [0.15, 0.2) is 67.7 Å². The average molecular weight is 428 g/mol. The monoisotopic (exact) mass is 428 g/mol. The lowest BCUT2D eigenvalue weighted by molar-refractivity contribution is 0.470. The Bertz CT molecular complexity index is 1720. The van der Waals surface area contributed by atoms with E-state index < -0.39 is 22.2 Å². The lowest BCUT2D eigenvalue weighted by atomic mass is 10.0. The molecule has 0 spiro atoms. The van der Waals surface area contributed by atoms with Gasteiger partial charge in [0, 0.05) is 7.05 Å². The Hall–Kier alpha value is -4.46. The summed E-state index contributed by atoms with van der Waals surface area (Å²) < 4.78 is 1.75. The minimum absolute atomic E-state index is 0.00265. The van der Waals surface area contributed by atoms with Crippen molar-refractivity contribution < 1.29 is 10.2 Å². The minimum Gasteiger partial charge on any atom is -0.508 e. The van der Waals surface area contributed by atoms with Crippen molar-refractivity contribution in [1.29, 1.82) is 0 Å². The highest BCUT2D eigenvalue weighted by Crippen LogP contribution is 2.31. The van der Waals surface area contributed by atoms with E-state index in [0.717, 1.165) is 9.13 Å². The van der Waals surface area contributed by atoms with Gasteiger partial charge in [-0.1, -0.05) is 18.2 Å². The molecule has 0 amide bonds. The van der Waals surface area contributed by atoms with Gasteiger partial charge in [0.25, 0.3) is 22.2 Å². The molecule has 8 heteroatoms. The van der Waals surface area contributed by atoms with E-state index in [4.69, 9.17) is 0 Å². The lowest BCUT2D eigenvalue weighted by Gasteiger charge is -2.09. The normalized spacial score (nSPS) is 11.6. The van der Waals surface area contributed by atoms with Gasteiger partial charge in [0.05, 0.1) is 27.2 Å². The minimum atomic E-state index is -0.696. The fourth-order valence-electron chi connectivity index (χ4n) is 3.99. The first-order valence-electron chi connectivity index (χ1n) is 9.71. The van der Waals surface area contributed by atoms with E-state index in [1.807, 2.05) is 0 Å². The number of aromatic nitrogens is 2. The molecular weight excluding hydrogens is 412 g/mol. The van der Waals surface area contributed by atoms with Gasteiger partial charge in [0.2, 0.25) is 0 Å². The first kappa shape index (κ1) is 19.5. The molecule has 2 aromatic heterocycles. The molecule has 0 saturated carbocycles. The molecule has 3 aromatic carbocycles. The Labute approximate surface area is 179 Å². The molecule has 2 N–H and O–H groups in total. The van der Waals surface area contributed by atoms with Crippen LogP contribution in [0, 0.1) is 6.92 Å². The second kappa shape index (κ2) is 6.52. The van der Waals surface area contributed by atoms with Gasteiger partial charge in [-0.3, -0.25) is 23.7 Å². The van der Waals surface area contributed by atoms with Crippen molar-refractivity contribution in [3.63, 3.8) is 0 Å². The Kier molecular flexibility index (Phi) is 3.97. The fraction of sp³-hybridized carbons (Fsp3) is 0.0833. The molecule has 5 rings (SSSR count). The van der Waals surface area contributed by atoms with Crippen LogP contribution in [0.2, 0.25) is 0 Å². The number of rotatable bonds is 2. The molecule has 0 aliphatic rings. The molecule has 0 aliphatic heterocycles. The van der Waals surface area contributed by atoms with Crippen LogP contribution >= 0.6 is 0 Å². The van der Waals surface area contributed by atoms with E-state index >= 15 is 0 Å². The zero-order valence-electron chi connectivity index (χ0n) is 17.0. The maximum atomic E-state index is 13.0. The molecule has 2 heterocycles. The fourth-order valence-corrected chi connectivity index (χ4v) is 3.99. The standard InChI is InChI=1S/C24H16N2O6/c1-11-3-4-12(7-19(11)27)13-5-6-18(20(28)8-13)26-23(31)16-9-14-15(10-17(16)24(26)32)22(30)25(2)21(14)29/h3-10,27-28H,1-2H3. The highest BCUT2D eigenvalue weighted by molar-refractivity contribution is 5.98. The summed E-state index contributed by atoms with van der Waals surface area (Å²) in [5.41, 5.74) is -0.564. The molecule has 0 saturated heterocycles. The second-order valence-corrected chi connectivity index (χ2v) is 7.76. The predicted octanol–water partition coefficient (Wildman–Crippen LogP) is 1.83. The van der Waals surface area contributed by atoms with Crippen LogP contribution in [-0.4, -0.2) is 19.3 Å². The Morgan fingerprint density at radius 3 is 1.59 bits per heavy atom. The van der Waals surface area contributed by atoms with Crippen LogP contribution in [0.5, 0.6) is 11.5 Å². The van der Waals surface area contributed by atoms with Crippen molar-refractivity contribution in [1.82, 2.24) is 9.13 Å². The molecular formula is C24H16N2O6. The number of aromatic hydroxyl groups is 2. The maximum Gasteiger partial charge on any atom is 0.266 e. The summed E-state index contributed by atoms with van der Waals surface area (Å²) in [6, 6.07) is 12.0. The third-order valence-electron chi connectivity index (χ3n) is 5.85. The summed E-state index contributed by atoms with van der Waals surface area (Å²) in [5, 5.41) is 20.7. The number of fused-ring (bicyclic) bond motifs is 2. The molecule has 0 unspecified atom stereocenters. The quantitative estimate of drug-likeness (QED) is 0.443. The zero-order chi connectivity index (χ0) is 22.9. The number of phenolic OH excluding ortho intramolecular Hbond substituents is 2. The van der Waals surface area contributed by atoms with E-state index in [0.29, 0.717) is 16.7 Å². The number of nitrogens with zero attached hydrogens (tertiary/aromatic N) is 2. The van der Waals surface area contributed by atoms with E-state index in [-0.39, 0.29) is 38.7 Å². The summed E-state index contributed by atoms with van der Waals surface area (Å²) in [6.45, 7) is 1.76. The highest BCUT2D eigenvalue weighted by atomic mass is 16.3. The van der Waals surface area contributed by atoms with Gasteiger partial charge in [-0.15, -0.1) is 0 Å². The van der Waals surface area contributed by atoms with Crippen LogP contribution in [0.3, 0.4) is 0 Å². The summed E-state index contributed by atoms with van der Waals surface area (Å²) >= 11 is 0. The van der Waals surface area contributed by atoms with Gasteiger partial charge in [-0.25, -0.2) is 4.57 Å². The van der Waals surface area contributed by atoms with Gasteiger partial charge in [-0.2, -0.15) is 0 Å². The molecule has 0 bridgehead atoms. The van der Waals surface area contributed by atoms with E-state index in [2.05, 4.69) is 0 Å². The molecule has 0 atom stereocenters. The number of aryl methyl sites for hydroxylation is 1. The third kappa shape index (κ3) is 2.56. The van der Waals surface area contributed by atoms with Crippen LogP contribution < -0.4 is 22.2 Å². The van der Waals surface area contributed by atoms with Crippen molar-refractivity contribution in [3.8, 4) is 28.3 Å². The molecule has 0 radical (unpaired) electrons. The van der Waals surface area contributed by atoms with E-state index in [9.17, 15) is 29.4 Å². The summed E-state index contributed by atoms with van der Waals surface area (Å²) in [6.07, 6.45) is 0. The molecule has 158 valence electrons. The summed E-state index contributed by atoms with van der Waals surface area (Å²) in [5.74, 6) is -0.203. The van der Waals surface area contributed by atoms with Crippen molar-refractivity contribution >= 4 is 21.5 Å². The van der Waals surface area contributed by atoms with Crippen molar-refractivity contribution in [2.45, 2.75) is 6.92 Å². The predicted molar refractivity (Wildman–Crippen MR) is 121 cm³/mol.